The first-order chi connectivity index (χ1) is 11.8. The lowest BCUT2D eigenvalue weighted by Crippen LogP contribution is -2.53. The number of ether oxygens (including phenoxy) is 2. The molecule has 1 aliphatic rings. The summed E-state index contributed by atoms with van der Waals surface area (Å²) in [4.78, 5) is 25.9. The van der Waals surface area contributed by atoms with Crippen LogP contribution < -0.4 is 14.8 Å². The quantitative estimate of drug-likeness (QED) is 0.482. The minimum Gasteiger partial charge on any atom is -0.493 e. The maximum Gasteiger partial charge on any atom is 0.265 e. The van der Waals surface area contributed by atoms with Gasteiger partial charge in [0, 0.05) is 6.54 Å². The monoisotopic (exact) mass is 382 g/mol. The van der Waals surface area contributed by atoms with Crippen molar-refractivity contribution in [3.63, 3.8) is 0 Å². The number of nitrogens with one attached hydrogen (secondary N) is 1. The summed E-state index contributed by atoms with van der Waals surface area (Å²) in [5, 5.41) is 2.93. The molecule has 0 aromatic heterocycles. The van der Waals surface area contributed by atoms with Gasteiger partial charge in [-0.2, -0.15) is 0 Å². The Balaban J connectivity index is 2.46. The van der Waals surface area contributed by atoms with E-state index in [1.165, 1.54) is 18.1 Å². The van der Waals surface area contributed by atoms with Crippen LogP contribution in [-0.4, -0.2) is 41.6 Å². The van der Waals surface area contributed by atoms with E-state index < -0.39 is 11.8 Å². The summed E-state index contributed by atoms with van der Waals surface area (Å²) < 4.78 is 11.0. The number of likely N-dealkylation sites (N-methyl/N-ethyl adjacent to an activating group) is 1. The van der Waals surface area contributed by atoms with E-state index in [0.29, 0.717) is 28.6 Å². The van der Waals surface area contributed by atoms with Gasteiger partial charge in [0.15, 0.2) is 16.6 Å². The molecule has 1 fully saturated rings. The van der Waals surface area contributed by atoms with Crippen LogP contribution in [0.4, 0.5) is 0 Å². The smallest absolute Gasteiger partial charge is 0.265 e. The van der Waals surface area contributed by atoms with Gasteiger partial charge in [0.1, 0.15) is 5.57 Å². The van der Waals surface area contributed by atoms with Crippen LogP contribution in [0.2, 0.25) is 5.02 Å². The number of nitrogens with zero attached hydrogens (tertiary/aromatic N) is 1. The Bertz CT molecular complexity index is 761. The highest BCUT2D eigenvalue weighted by molar-refractivity contribution is 7.80. The van der Waals surface area contributed by atoms with E-state index in [0.717, 1.165) is 0 Å². The molecule has 1 heterocycles. The van der Waals surface area contributed by atoms with Crippen LogP contribution in [0.5, 0.6) is 11.5 Å². The van der Waals surface area contributed by atoms with Crippen LogP contribution in [0, 0.1) is 0 Å². The van der Waals surface area contributed by atoms with Crippen LogP contribution in [0.3, 0.4) is 0 Å². The van der Waals surface area contributed by atoms with Crippen LogP contribution >= 0.6 is 23.8 Å². The van der Waals surface area contributed by atoms with E-state index in [1.54, 1.807) is 19.1 Å². The van der Waals surface area contributed by atoms with E-state index in [4.69, 9.17) is 33.3 Å². The molecule has 2 amide bonds. The van der Waals surface area contributed by atoms with Crippen molar-refractivity contribution in [3.05, 3.63) is 28.3 Å². The van der Waals surface area contributed by atoms with Crippen molar-refractivity contribution in [2.75, 3.05) is 13.7 Å². The third-order valence-electron chi connectivity index (χ3n) is 3.42. The van der Waals surface area contributed by atoms with Crippen molar-refractivity contribution >= 4 is 46.8 Å². The van der Waals surface area contributed by atoms with E-state index in [2.05, 4.69) is 5.32 Å². The molecule has 1 aromatic carbocycles. The third-order valence-corrected chi connectivity index (χ3v) is 4.02. The second-order valence-electron chi connectivity index (χ2n) is 5.57. The first-order valence-electron chi connectivity index (χ1n) is 7.71. The molecule has 1 N–H and O–H groups in total. The fourth-order valence-corrected chi connectivity index (χ4v) is 2.89. The SMILES string of the molecule is CCN1C(=O)/C(=C/c2cc(Cl)c(OC(C)C)c(OC)c2)C(=O)NC1=S. The van der Waals surface area contributed by atoms with E-state index >= 15 is 0 Å². The molecular weight excluding hydrogens is 364 g/mol. The molecule has 0 saturated carbocycles. The number of carbonyl (C=O) groups excluding carboxylic acids is 2. The molecule has 0 bridgehead atoms. The van der Waals surface area contributed by atoms with E-state index in [9.17, 15) is 9.59 Å². The summed E-state index contributed by atoms with van der Waals surface area (Å²) in [6, 6.07) is 3.26. The zero-order chi connectivity index (χ0) is 18.7. The minimum absolute atomic E-state index is 0.0221. The molecule has 0 spiro atoms. The second-order valence-corrected chi connectivity index (χ2v) is 6.36. The first kappa shape index (κ1) is 19.2. The fourth-order valence-electron chi connectivity index (χ4n) is 2.32. The highest BCUT2D eigenvalue weighted by Gasteiger charge is 2.32. The molecule has 1 aliphatic heterocycles. The summed E-state index contributed by atoms with van der Waals surface area (Å²) in [6.45, 7) is 5.88. The number of thiocarbonyl (C=S) groups is 1. The first-order valence-corrected chi connectivity index (χ1v) is 8.50. The Hall–Kier alpha value is -2.12. The number of amides is 2. The number of halogens is 1. The lowest BCUT2D eigenvalue weighted by Gasteiger charge is -2.27. The molecule has 6 nitrogen and oxygen atoms in total. The fraction of sp³-hybridized carbons (Fsp3) is 0.353. The molecule has 0 atom stereocenters. The standard InChI is InChI=1S/C17H19ClN2O4S/c1-5-20-16(22)11(15(21)19-17(20)25)6-10-7-12(18)14(24-9(2)3)13(8-10)23-4/h6-9H,5H2,1-4H3,(H,19,21,25)/b11-6+. The minimum atomic E-state index is -0.544. The maximum absolute atomic E-state index is 12.5. The summed E-state index contributed by atoms with van der Waals surface area (Å²) >= 11 is 11.3. The lowest BCUT2D eigenvalue weighted by atomic mass is 10.1. The van der Waals surface area contributed by atoms with Gasteiger partial charge in [0.25, 0.3) is 11.8 Å². The maximum atomic E-state index is 12.5. The van der Waals surface area contributed by atoms with Gasteiger partial charge < -0.3 is 9.47 Å². The third kappa shape index (κ3) is 4.11. The number of carbonyl (C=O) groups is 2. The van der Waals surface area contributed by atoms with Gasteiger partial charge in [-0.15, -0.1) is 0 Å². The summed E-state index contributed by atoms with van der Waals surface area (Å²) in [6.07, 6.45) is 1.37. The molecule has 0 aliphatic carbocycles. The topological polar surface area (TPSA) is 67.9 Å². The molecule has 8 heteroatoms. The van der Waals surface area contributed by atoms with Crippen LogP contribution in [0.15, 0.2) is 17.7 Å². The Morgan fingerprint density at radius 3 is 2.60 bits per heavy atom. The number of rotatable bonds is 5. The molecular formula is C17H19ClN2O4S. The molecule has 0 unspecified atom stereocenters. The Morgan fingerprint density at radius 2 is 2.04 bits per heavy atom. The Kier molecular flexibility index (Phi) is 6.02. The van der Waals surface area contributed by atoms with Crippen molar-refractivity contribution in [2.45, 2.75) is 26.9 Å². The van der Waals surface area contributed by atoms with Crippen LogP contribution in [0.1, 0.15) is 26.3 Å². The van der Waals surface area contributed by atoms with Gasteiger partial charge in [0.05, 0.1) is 18.2 Å². The van der Waals surface area contributed by atoms with Crippen molar-refractivity contribution in [1.82, 2.24) is 10.2 Å². The average molecular weight is 383 g/mol. The second kappa shape index (κ2) is 7.84. The van der Waals surface area contributed by atoms with E-state index in [-0.39, 0.29) is 16.8 Å². The Labute approximate surface area is 156 Å². The highest BCUT2D eigenvalue weighted by Crippen LogP contribution is 2.37. The van der Waals surface area contributed by atoms with Crippen molar-refractivity contribution in [2.24, 2.45) is 0 Å². The van der Waals surface area contributed by atoms with Crippen LogP contribution in [0.25, 0.3) is 6.08 Å². The lowest BCUT2D eigenvalue weighted by molar-refractivity contribution is -0.128. The normalized spacial score (nSPS) is 16.5. The van der Waals surface area contributed by atoms with Gasteiger partial charge in [-0.05, 0) is 56.8 Å². The number of benzene rings is 1. The van der Waals surface area contributed by atoms with Gasteiger partial charge >= 0.3 is 0 Å². The molecule has 2 rings (SSSR count). The van der Waals surface area contributed by atoms with Crippen molar-refractivity contribution in [1.29, 1.82) is 0 Å². The molecule has 1 saturated heterocycles. The predicted molar refractivity (Wildman–Crippen MR) is 99.9 cm³/mol. The molecule has 0 radical (unpaired) electrons. The zero-order valence-corrected chi connectivity index (χ0v) is 16.0. The Morgan fingerprint density at radius 1 is 1.36 bits per heavy atom. The molecule has 25 heavy (non-hydrogen) atoms. The highest BCUT2D eigenvalue weighted by atomic mass is 35.5. The van der Waals surface area contributed by atoms with E-state index in [1.807, 2.05) is 13.8 Å². The van der Waals surface area contributed by atoms with Gasteiger partial charge in [-0.3, -0.25) is 19.8 Å². The van der Waals surface area contributed by atoms with Crippen LogP contribution in [-0.2, 0) is 9.59 Å². The summed E-state index contributed by atoms with van der Waals surface area (Å²) in [5.41, 5.74) is 0.520. The zero-order valence-electron chi connectivity index (χ0n) is 14.4. The number of methoxy groups -OCH3 is 1. The predicted octanol–water partition coefficient (Wildman–Crippen LogP) is 2.78. The molecule has 134 valence electrons. The summed E-state index contributed by atoms with van der Waals surface area (Å²) in [7, 11) is 1.49. The van der Waals surface area contributed by atoms with Crippen molar-refractivity contribution in [3.8, 4) is 11.5 Å². The van der Waals surface area contributed by atoms with Gasteiger partial charge in [-0.1, -0.05) is 11.6 Å². The average Bonchev–Trinajstić information content (AvgIpc) is 2.53. The van der Waals surface area contributed by atoms with Crippen molar-refractivity contribution < 1.29 is 19.1 Å². The number of hydrogen-bond acceptors (Lipinski definition) is 5. The molecule has 1 aromatic rings. The number of hydrogen-bond donors (Lipinski definition) is 1. The largest absolute Gasteiger partial charge is 0.493 e. The summed E-state index contributed by atoms with van der Waals surface area (Å²) in [5.74, 6) is -0.164. The van der Waals surface area contributed by atoms with Gasteiger partial charge in [0.2, 0.25) is 0 Å². The van der Waals surface area contributed by atoms with Gasteiger partial charge in [-0.25, -0.2) is 0 Å².